The summed E-state index contributed by atoms with van der Waals surface area (Å²) in [5, 5.41) is 14.5. The summed E-state index contributed by atoms with van der Waals surface area (Å²) in [6, 6.07) is 21.2. The molecule has 3 heterocycles. The number of hydrogen-bond acceptors (Lipinski definition) is 8. The number of benzene rings is 3. The molecule has 2 saturated heterocycles. The Bertz CT molecular complexity index is 1550. The third-order valence-electron chi connectivity index (χ3n) is 8.07. The van der Waals surface area contributed by atoms with Crippen molar-refractivity contribution in [3.05, 3.63) is 82.5 Å². The van der Waals surface area contributed by atoms with Crippen molar-refractivity contribution in [2.45, 2.75) is 38.5 Å². The smallest absolute Gasteiger partial charge is 0.205 e. The third kappa shape index (κ3) is 5.89. The van der Waals surface area contributed by atoms with Crippen LogP contribution in [0, 0.1) is 0 Å². The molecule has 0 amide bonds. The first-order valence-electron chi connectivity index (χ1n) is 14.4. The predicted octanol–water partition coefficient (Wildman–Crippen LogP) is 5.02. The number of anilines is 1. The van der Waals surface area contributed by atoms with Crippen LogP contribution in [-0.2, 0) is 6.61 Å². The fourth-order valence-corrected chi connectivity index (χ4v) is 5.68. The van der Waals surface area contributed by atoms with Crippen LogP contribution in [0.1, 0.15) is 25.3 Å². The molecular weight excluding hydrogens is 518 g/mol. The topological polar surface area (TPSA) is 87.4 Å². The Hall–Kier alpha value is -4.01. The van der Waals surface area contributed by atoms with Crippen LogP contribution in [0.5, 0.6) is 17.2 Å². The molecule has 2 fully saturated rings. The zero-order valence-electron chi connectivity index (χ0n) is 23.6. The lowest BCUT2D eigenvalue weighted by atomic mass is 10.1. The summed E-state index contributed by atoms with van der Waals surface area (Å²) in [5.74, 6) is 0.923. The van der Waals surface area contributed by atoms with Gasteiger partial charge in [0.25, 0.3) is 0 Å². The molecule has 0 spiro atoms. The minimum Gasteiger partial charge on any atom is -0.507 e. The van der Waals surface area contributed by atoms with E-state index in [4.69, 9.17) is 13.9 Å². The molecule has 8 nitrogen and oxygen atoms in total. The number of hydrogen-bond donors (Lipinski definition) is 2. The summed E-state index contributed by atoms with van der Waals surface area (Å²) < 4.78 is 19.1. The zero-order valence-corrected chi connectivity index (χ0v) is 23.6. The maximum atomic E-state index is 13.4. The fourth-order valence-electron chi connectivity index (χ4n) is 5.68. The number of phenolic OH excluding ortho intramolecular Hbond substituents is 1. The van der Waals surface area contributed by atoms with Crippen LogP contribution in [-0.4, -0.2) is 61.9 Å². The number of aromatic hydroxyl groups is 1. The van der Waals surface area contributed by atoms with Gasteiger partial charge in [-0.3, -0.25) is 4.79 Å². The van der Waals surface area contributed by atoms with Gasteiger partial charge in [0.1, 0.15) is 29.6 Å². The van der Waals surface area contributed by atoms with Crippen LogP contribution >= 0.6 is 0 Å². The Morgan fingerprint density at radius 2 is 1.78 bits per heavy atom. The number of rotatable bonds is 7. The highest BCUT2D eigenvalue weighted by atomic mass is 16.5. The van der Waals surface area contributed by atoms with E-state index in [9.17, 15) is 9.90 Å². The van der Waals surface area contributed by atoms with Crippen molar-refractivity contribution in [1.82, 2.24) is 10.2 Å². The van der Waals surface area contributed by atoms with Gasteiger partial charge in [0.2, 0.25) is 5.75 Å². The van der Waals surface area contributed by atoms with Gasteiger partial charge in [0.05, 0.1) is 0 Å². The summed E-state index contributed by atoms with van der Waals surface area (Å²) in [6.45, 7) is 7.14. The van der Waals surface area contributed by atoms with Crippen molar-refractivity contribution in [2.75, 3.05) is 44.7 Å². The number of nitrogens with zero attached hydrogens (tertiary/aromatic N) is 2. The van der Waals surface area contributed by atoms with E-state index in [1.807, 2.05) is 42.5 Å². The van der Waals surface area contributed by atoms with Gasteiger partial charge in [-0.05, 0) is 56.6 Å². The number of phenols is 1. The van der Waals surface area contributed by atoms with Crippen LogP contribution < -0.4 is 25.1 Å². The summed E-state index contributed by atoms with van der Waals surface area (Å²) >= 11 is 0. The van der Waals surface area contributed by atoms with Crippen LogP contribution in [0.3, 0.4) is 0 Å². The molecule has 1 unspecified atom stereocenters. The van der Waals surface area contributed by atoms with Crippen LogP contribution in [0.25, 0.3) is 22.3 Å². The molecule has 1 aromatic heterocycles. The molecule has 0 bridgehead atoms. The van der Waals surface area contributed by atoms with Gasteiger partial charge in [0, 0.05) is 62.1 Å². The molecule has 0 saturated carbocycles. The first-order chi connectivity index (χ1) is 20.0. The van der Waals surface area contributed by atoms with Gasteiger partial charge < -0.3 is 34.1 Å². The Labute approximate surface area is 240 Å². The van der Waals surface area contributed by atoms with Gasteiger partial charge in [-0.25, -0.2) is 0 Å². The lowest BCUT2D eigenvalue weighted by Crippen LogP contribution is -2.49. The molecule has 0 aliphatic carbocycles. The van der Waals surface area contributed by atoms with E-state index in [0.29, 0.717) is 23.3 Å². The molecule has 4 aromatic rings. The van der Waals surface area contributed by atoms with Gasteiger partial charge in [0.15, 0.2) is 16.8 Å². The first-order valence-corrected chi connectivity index (χ1v) is 14.4. The molecule has 3 aromatic carbocycles. The lowest BCUT2D eigenvalue weighted by Gasteiger charge is -2.36. The molecule has 2 N–H and O–H groups in total. The van der Waals surface area contributed by atoms with Crippen molar-refractivity contribution in [2.24, 2.45) is 0 Å². The highest BCUT2D eigenvalue weighted by Gasteiger charge is 2.26. The number of nitrogens with one attached hydrogen (secondary N) is 1. The van der Waals surface area contributed by atoms with Crippen molar-refractivity contribution in [1.29, 1.82) is 0 Å². The second-order valence-electron chi connectivity index (χ2n) is 11.1. The van der Waals surface area contributed by atoms with Crippen LogP contribution in [0.2, 0.25) is 0 Å². The second kappa shape index (κ2) is 11.8. The number of ether oxygens (including phenoxy) is 2. The number of likely N-dealkylation sites (tertiary alicyclic amines) is 1. The van der Waals surface area contributed by atoms with Gasteiger partial charge >= 0.3 is 0 Å². The van der Waals surface area contributed by atoms with Crippen molar-refractivity contribution >= 4 is 16.7 Å². The van der Waals surface area contributed by atoms with Gasteiger partial charge in [-0.1, -0.05) is 30.3 Å². The molecule has 6 rings (SSSR count). The number of fused-ring (bicyclic) bond motifs is 1. The molecule has 2 aliphatic rings. The Kier molecular flexibility index (Phi) is 7.85. The van der Waals surface area contributed by atoms with Gasteiger partial charge in [-0.15, -0.1) is 0 Å². The van der Waals surface area contributed by atoms with Crippen LogP contribution in [0.4, 0.5) is 5.69 Å². The van der Waals surface area contributed by atoms with E-state index in [-0.39, 0.29) is 34.9 Å². The maximum absolute atomic E-state index is 13.4. The largest absolute Gasteiger partial charge is 0.507 e. The summed E-state index contributed by atoms with van der Waals surface area (Å²) in [5.41, 5.74) is 2.75. The molecule has 2 aliphatic heterocycles. The molecule has 0 radical (unpaired) electrons. The molecular formula is C33H37N3O5. The van der Waals surface area contributed by atoms with Gasteiger partial charge in [-0.2, -0.15) is 0 Å². The van der Waals surface area contributed by atoms with E-state index in [0.717, 1.165) is 62.4 Å². The Morgan fingerprint density at radius 3 is 2.51 bits per heavy atom. The zero-order chi connectivity index (χ0) is 28.3. The van der Waals surface area contributed by atoms with E-state index in [1.54, 1.807) is 0 Å². The SMILES string of the molecule is CC1CNCCN1c1ccc(-c2cc(=O)c3c(O)cc(OCc4ccccc4)c(OC4CCN(C)CC4)c3o2)cc1. The lowest BCUT2D eigenvalue weighted by molar-refractivity contribution is 0.110. The van der Waals surface area contributed by atoms with Crippen LogP contribution in [0.15, 0.2) is 75.9 Å². The van der Waals surface area contributed by atoms with E-state index in [1.165, 1.54) is 12.1 Å². The number of piperidine rings is 1. The van der Waals surface area contributed by atoms with Crippen molar-refractivity contribution in [3.63, 3.8) is 0 Å². The molecule has 8 heteroatoms. The third-order valence-corrected chi connectivity index (χ3v) is 8.07. The monoisotopic (exact) mass is 555 g/mol. The minimum absolute atomic E-state index is 0.0627. The molecule has 41 heavy (non-hydrogen) atoms. The van der Waals surface area contributed by atoms with E-state index < -0.39 is 0 Å². The van der Waals surface area contributed by atoms with Crippen molar-refractivity contribution in [3.8, 4) is 28.6 Å². The summed E-state index contributed by atoms with van der Waals surface area (Å²) in [6.07, 6.45) is 1.62. The highest BCUT2D eigenvalue weighted by Crippen LogP contribution is 2.43. The highest BCUT2D eigenvalue weighted by molar-refractivity contribution is 5.91. The average Bonchev–Trinajstić information content (AvgIpc) is 2.99. The van der Waals surface area contributed by atoms with E-state index >= 15 is 0 Å². The number of piperazine rings is 1. The first kappa shape index (κ1) is 27.2. The predicted molar refractivity (Wildman–Crippen MR) is 161 cm³/mol. The standard InChI is InChI=1S/C33H37N3O5/c1-22-20-34-14-17-36(22)25-10-8-24(9-11-25)29-18-27(37)31-28(38)19-30(39-21-23-6-4-3-5-7-23)32(33(31)41-29)40-26-12-15-35(2)16-13-26/h3-11,18-19,22,26,34,38H,12-17,20-21H2,1-2H3. The summed E-state index contributed by atoms with van der Waals surface area (Å²) in [7, 11) is 2.10. The van der Waals surface area contributed by atoms with Crippen molar-refractivity contribution < 1.29 is 19.0 Å². The average molecular weight is 556 g/mol. The Morgan fingerprint density at radius 1 is 1.02 bits per heavy atom. The Balaban J connectivity index is 1.39. The second-order valence-corrected chi connectivity index (χ2v) is 11.1. The molecule has 1 atom stereocenters. The molecule has 214 valence electrons. The van der Waals surface area contributed by atoms with E-state index in [2.05, 4.69) is 41.2 Å². The normalized spacial score (nSPS) is 18.5. The summed E-state index contributed by atoms with van der Waals surface area (Å²) in [4.78, 5) is 18.0. The maximum Gasteiger partial charge on any atom is 0.205 e. The fraction of sp³-hybridized carbons (Fsp3) is 0.364. The quantitative estimate of drug-likeness (QED) is 0.329. The minimum atomic E-state index is -0.332.